The van der Waals surface area contributed by atoms with Gasteiger partial charge in [-0.15, -0.1) is 0 Å². The molecule has 150 valence electrons. The number of rotatable bonds is 8. The summed E-state index contributed by atoms with van der Waals surface area (Å²) in [6.07, 6.45) is 13.6. The molecule has 1 saturated heterocycles. The number of likely N-dealkylation sites (tertiary alicyclic amines) is 1. The van der Waals surface area contributed by atoms with Crippen molar-refractivity contribution in [2.24, 2.45) is 17.8 Å². The molecule has 1 amide bonds. The highest BCUT2D eigenvalue weighted by Gasteiger charge is 2.30. The van der Waals surface area contributed by atoms with E-state index in [-0.39, 0.29) is 0 Å². The second-order valence-corrected chi connectivity index (χ2v) is 9.00. The van der Waals surface area contributed by atoms with E-state index in [1.807, 2.05) is 0 Å². The molecule has 3 fully saturated rings. The van der Waals surface area contributed by atoms with E-state index in [0.717, 1.165) is 26.2 Å². The fourth-order valence-electron chi connectivity index (χ4n) is 5.43. The Balaban J connectivity index is 1.46. The van der Waals surface area contributed by atoms with E-state index in [4.69, 9.17) is 4.74 Å². The number of ether oxygens (including phenoxy) is 1. The van der Waals surface area contributed by atoms with Crippen molar-refractivity contribution in [1.82, 2.24) is 10.2 Å². The van der Waals surface area contributed by atoms with E-state index >= 15 is 0 Å². The third-order valence-corrected chi connectivity index (χ3v) is 6.86. The van der Waals surface area contributed by atoms with Crippen LogP contribution in [0.3, 0.4) is 0 Å². The molecule has 0 aromatic rings. The molecular formula is C22H40N2O2. The summed E-state index contributed by atoms with van der Waals surface area (Å²) in [6.45, 7) is 7.40. The molecule has 26 heavy (non-hydrogen) atoms. The Bertz CT molecular complexity index is 422. The summed E-state index contributed by atoms with van der Waals surface area (Å²) < 4.78 is 5.66. The van der Waals surface area contributed by atoms with Crippen LogP contribution in [-0.2, 0) is 9.53 Å². The molecule has 1 aliphatic heterocycles. The van der Waals surface area contributed by atoms with Crippen LogP contribution in [-0.4, -0.2) is 49.7 Å². The molecule has 1 N–H and O–H groups in total. The minimum atomic E-state index is 0.321. The van der Waals surface area contributed by atoms with Gasteiger partial charge in [-0.2, -0.15) is 0 Å². The molecule has 4 heteroatoms. The van der Waals surface area contributed by atoms with Gasteiger partial charge in [-0.3, -0.25) is 4.79 Å². The van der Waals surface area contributed by atoms with Crippen LogP contribution in [0.2, 0.25) is 0 Å². The Morgan fingerprint density at radius 2 is 1.73 bits per heavy atom. The lowest BCUT2D eigenvalue weighted by Gasteiger charge is -2.39. The van der Waals surface area contributed by atoms with Gasteiger partial charge in [0.25, 0.3) is 0 Å². The highest BCUT2D eigenvalue weighted by Crippen LogP contribution is 2.29. The summed E-state index contributed by atoms with van der Waals surface area (Å²) in [5, 5.41) is 3.44. The molecule has 2 saturated carbocycles. The molecule has 3 atom stereocenters. The molecule has 0 bridgehead atoms. The summed E-state index contributed by atoms with van der Waals surface area (Å²) in [7, 11) is 0. The van der Waals surface area contributed by atoms with Crippen molar-refractivity contribution in [2.45, 2.75) is 83.6 Å². The number of amides is 1. The Hall–Kier alpha value is -0.610. The van der Waals surface area contributed by atoms with Gasteiger partial charge in [0.1, 0.15) is 0 Å². The number of nitrogens with one attached hydrogen (secondary N) is 1. The van der Waals surface area contributed by atoms with Crippen LogP contribution in [0.1, 0.15) is 77.6 Å². The van der Waals surface area contributed by atoms with Crippen molar-refractivity contribution in [3.63, 3.8) is 0 Å². The number of carbonyl (C=O) groups excluding carboxylic acids is 1. The van der Waals surface area contributed by atoms with Crippen molar-refractivity contribution >= 4 is 5.91 Å². The van der Waals surface area contributed by atoms with Gasteiger partial charge < -0.3 is 15.0 Å². The second kappa shape index (κ2) is 10.7. The molecule has 4 nitrogen and oxygen atoms in total. The van der Waals surface area contributed by atoms with E-state index in [0.29, 0.717) is 29.7 Å². The second-order valence-electron chi connectivity index (χ2n) is 9.00. The van der Waals surface area contributed by atoms with E-state index < -0.39 is 0 Å². The smallest absolute Gasteiger partial charge is 0.220 e. The molecule has 0 aromatic heterocycles. The van der Waals surface area contributed by atoms with Crippen LogP contribution in [0.5, 0.6) is 0 Å². The molecule has 0 aromatic carbocycles. The SMILES string of the molecule is CCOC[C@@H]1CCCN(C[C@H]2CCCCC2NC(=O)CC2CCCC2)C1. The quantitative estimate of drug-likeness (QED) is 0.708. The third-order valence-electron chi connectivity index (χ3n) is 6.86. The Morgan fingerprint density at radius 1 is 1.00 bits per heavy atom. The van der Waals surface area contributed by atoms with Gasteiger partial charge in [0.2, 0.25) is 5.91 Å². The van der Waals surface area contributed by atoms with E-state index in [2.05, 4.69) is 17.1 Å². The van der Waals surface area contributed by atoms with Crippen molar-refractivity contribution in [2.75, 3.05) is 32.8 Å². The van der Waals surface area contributed by atoms with E-state index in [1.54, 1.807) is 0 Å². The molecule has 3 aliphatic rings. The molecule has 1 heterocycles. The van der Waals surface area contributed by atoms with Crippen LogP contribution in [0.4, 0.5) is 0 Å². The lowest BCUT2D eigenvalue weighted by molar-refractivity contribution is -0.123. The van der Waals surface area contributed by atoms with Gasteiger partial charge in [-0.25, -0.2) is 0 Å². The van der Waals surface area contributed by atoms with Crippen molar-refractivity contribution in [3.8, 4) is 0 Å². The summed E-state index contributed by atoms with van der Waals surface area (Å²) in [5.41, 5.74) is 0. The first-order valence-corrected chi connectivity index (χ1v) is 11.3. The number of hydrogen-bond acceptors (Lipinski definition) is 3. The predicted octanol–water partition coefficient (Wildman–Crippen LogP) is 3.99. The minimum Gasteiger partial charge on any atom is -0.381 e. The normalized spacial score (nSPS) is 31.2. The maximum Gasteiger partial charge on any atom is 0.220 e. The number of nitrogens with zero attached hydrogens (tertiary/aromatic N) is 1. The lowest BCUT2D eigenvalue weighted by atomic mass is 9.83. The van der Waals surface area contributed by atoms with Gasteiger partial charge in [-0.1, -0.05) is 25.7 Å². The number of hydrogen-bond donors (Lipinski definition) is 1. The zero-order chi connectivity index (χ0) is 18.2. The monoisotopic (exact) mass is 364 g/mol. The van der Waals surface area contributed by atoms with Gasteiger partial charge in [0.05, 0.1) is 6.61 Å². The fourth-order valence-corrected chi connectivity index (χ4v) is 5.43. The van der Waals surface area contributed by atoms with Crippen LogP contribution >= 0.6 is 0 Å². The van der Waals surface area contributed by atoms with Crippen LogP contribution < -0.4 is 5.32 Å². The first kappa shape index (κ1) is 20.1. The lowest BCUT2D eigenvalue weighted by Crippen LogP contribution is -2.48. The van der Waals surface area contributed by atoms with Crippen LogP contribution in [0.15, 0.2) is 0 Å². The summed E-state index contributed by atoms with van der Waals surface area (Å²) >= 11 is 0. The zero-order valence-electron chi connectivity index (χ0n) is 16.9. The average Bonchev–Trinajstić information content (AvgIpc) is 3.15. The van der Waals surface area contributed by atoms with Gasteiger partial charge in [0, 0.05) is 32.2 Å². The van der Waals surface area contributed by atoms with Crippen LogP contribution in [0.25, 0.3) is 0 Å². The van der Waals surface area contributed by atoms with Crippen molar-refractivity contribution in [3.05, 3.63) is 0 Å². The maximum absolute atomic E-state index is 12.5. The average molecular weight is 365 g/mol. The van der Waals surface area contributed by atoms with Gasteiger partial charge in [0.15, 0.2) is 0 Å². The van der Waals surface area contributed by atoms with Crippen molar-refractivity contribution < 1.29 is 9.53 Å². The molecule has 3 rings (SSSR count). The van der Waals surface area contributed by atoms with Crippen molar-refractivity contribution in [1.29, 1.82) is 0 Å². The summed E-state index contributed by atoms with van der Waals surface area (Å²) in [6, 6.07) is 0.407. The molecule has 0 spiro atoms. The Morgan fingerprint density at radius 3 is 2.54 bits per heavy atom. The van der Waals surface area contributed by atoms with Gasteiger partial charge >= 0.3 is 0 Å². The molecule has 2 aliphatic carbocycles. The highest BCUT2D eigenvalue weighted by molar-refractivity contribution is 5.76. The Labute approximate surface area is 160 Å². The van der Waals surface area contributed by atoms with Gasteiger partial charge in [-0.05, 0) is 69.7 Å². The third kappa shape index (κ3) is 6.23. The van der Waals surface area contributed by atoms with Crippen LogP contribution in [0, 0.1) is 17.8 Å². The molecule has 0 radical (unpaired) electrons. The fraction of sp³-hybridized carbons (Fsp3) is 0.955. The highest BCUT2D eigenvalue weighted by atomic mass is 16.5. The summed E-state index contributed by atoms with van der Waals surface area (Å²) in [5.74, 6) is 2.31. The molecular weight excluding hydrogens is 324 g/mol. The Kier molecular flexibility index (Phi) is 8.25. The van der Waals surface area contributed by atoms with E-state index in [1.165, 1.54) is 77.3 Å². The largest absolute Gasteiger partial charge is 0.381 e. The first-order valence-electron chi connectivity index (χ1n) is 11.3. The maximum atomic E-state index is 12.5. The zero-order valence-corrected chi connectivity index (χ0v) is 16.9. The number of carbonyl (C=O) groups is 1. The standard InChI is InChI=1S/C22H40N2O2/c1-2-26-17-19-10-7-13-24(15-19)16-20-11-5-6-12-21(20)23-22(25)14-18-8-3-4-9-18/h18-21H,2-17H2,1H3,(H,23,25)/t19-,20-,21?/m1/s1. The molecule has 1 unspecified atom stereocenters. The summed E-state index contributed by atoms with van der Waals surface area (Å²) in [4.78, 5) is 15.2. The number of piperidine rings is 1. The first-order chi connectivity index (χ1) is 12.7. The van der Waals surface area contributed by atoms with E-state index in [9.17, 15) is 4.79 Å². The predicted molar refractivity (Wildman–Crippen MR) is 106 cm³/mol. The minimum absolute atomic E-state index is 0.321. The topological polar surface area (TPSA) is 41.6 Å².